The number of ether oxygens (including phenoxy) is 1. The first-order valence-corrected chi connectivity index (χ1v) is 9.88. The molecule has 0 amide bonds. The van der Waals surface area contributed by atoms with E-state index in [-0.39, 0.29) is 0 Å². The van der Waals surface area contributed by atoms with Gasteiger partial charge in [-0.3, -0.25) is 4.99 Å². The van der Waals surface area contributed by atoms with Gasteiger partial charge < -0.3 is 20.3 Å². The summed E-state index contributed by atoms with van der Waals surface area (Å²) in [5.41, 5.74) is 0. The standard InChI is InChI=1S/C18H35N7O/c1-5-19-18(20-11-8-12-24(6-2)7-3)21-15-9-10-17-22-16(14-26-4)23-25(17)13-15/h15H,5-14H2,1-4H3,(H2,19,20,21). The number of methoxy groups -OCH3 is 1. The van der Waals surface area contributed by atoms with Gasteiger partial charge in [-0.1, -0.05) is 13.8 Å². The number of guanidine groups is 1. The quantitative estimate of drug-likeness (QED) is 0.366. The number of hydrogen-bond acceptors (Lipinski definition) is 5. The Morgan fingerprint density at radius 3 is 2.85 bits per heavy atom. The van der Waals surface area contributed by atoms with Crippen LogP contribution in [0, 0.1) is 0 Å². The van der Waals surface area contributed by atoms with E-state index >= 15 is 0 Å². The molecular weight excluding hydrogens is 330 g/mol. The van der Waals surface area contributed by atoms with Crippen LogP contribution in [-0.2, 0) is 24.3 Å². The predicted octanol–water partition coefficient (Wildman–Crippen LogP) is 1.03. The zero-order valence-electron chi connectivity index (χ0n) is 16.8. The molecule has 2 heterocycles. The molecule has 0 bridgehead atoms. The molecule has 0 saturated heterocycles. The van der Waals surface area contributed by atoms with E-state index in [1.807, 2.05) is 4.68 Å². The van der Waals surface area contributed by atoms with Crippen molar-refractivity contribution in [1.82, 2.24) is 30.3 Å². The van der Waals surface area contributed by atoms with Crippen LogP contribution >= 0.6 is 0 Å². The van der Waals surface area contributed by atoms with Gasteiger partial charge in [0.15, 0.2) is 11.8 Å². The summed E-state index contributed by atoms with van der Waals surface area (Å²) >= 11 is 0. The molecule has 1 aromatic rings. The summed E-state index contributed by atoms with van der Waals surface area (Å²) in [6, 6.07) is 0.320. The largest absolute Gasteiger partial charge is 0.377 e. The maximum absolute atomic E-state index is 5.13. The fourth-order valence-electron chi connectivity index (χ4n) is 3.21. The van der Waals surface area contributed by atoms with E-state index in [2.05, 4.69) is 46.4 Å². The predicted molar refractivity (Wildman–Crippen MR) is 104 cm³/mol. The van der Waals surface area contributed by atoms with Crippen LogP contribution in [0.25, 0.3) is 0 Å². The molecule has 1 aliphatic rings. The molecule has 1 unspecified atom stereocenters. The van der Waals surface area contributed by atoms with E-state index in [1.54, 1.807) is 7.11 Å². The van der Waals surface area contributed by atoms with E-state index < -0.39 is 0 Å². The molecule has 0 spiro atoms. The third-order valence-electron chi connectivity index (χ3n) is 4.66. The molecule has 2 N–H and O–H groups in total. The summed E-state index contributed by atoms with van der Waals surface area (Å²) in [7, 11) is 1.67. The van der Waals surface area contributed by atoms with Gasteiger partial charge in [0.25, 0.3) is 0 Å². The van der Waals surface area contributed by atoms with E-state index in [1.165, 1.54) is 0 Å². The Kier molecular flexibility index (Phi) is 8.84. The number of fused-ring (bicyclic) bond motifs is 1. The second-order valence-corrected chi connectivity index (χ2v) is 6.58. The maximum Gasteiger partial charge on any atom is 0.191 e. The number of nitrogens with zero attached hydrogens (tertiary/aromatic N) is 5. The van der Waals surface area contributed by atoms with Crippen LogP contribution in [0.4, 0.5) is 0 Å². The van der Waals surface area contributed by atoms with Crippen molar-refractivity contribution in [2.75, 3.05) is 39.8 Å². The molecule has 148 valence electrons. The first-order valence-electron chi connectivity index (χ1n) is 9.88. The molecular formula is C18H35N7O. The number of aryl methyl sites for hydroxylation is 1. The van der Waals surface area contributed by atoms with Gasteiger partial charge >= 0.3 is 0 Å². The summed E-state index contributed by atoms with van der Waals surface area (Å²) in [5.74, 6) is 2.72. The summed E-state index contributed by atoms with van der Waals surface area (Å²) in [6.45, 7) is 12.8. The van der Waals surface area contributed by atoms with Crippen molar-refractivity contribution in [2.24, 2.45) is 4.99 Å². The Labute approximate surface area is 157 Å². The second-order valence-electron chi connectivity index (χ2n) is 6.58. The average Bonchev–Trinajstić information content (AvgIpc) is 3.04. The molecule has 0 radical (unpaired) electrons. The van der Waals surface area contributed by atoms with Gasteiger partial charge in [-0.25, -0.2) is 9.67 Å². The SMILES string of the molecule is CCNC(=NCCCN(CC)CC)NC1CCc2nc(COC)nn2C1. The average molecular weight is 366 g/mol. The first-order chi connectivity index (χ1) is 12.7. The molecule has 8 nitrogen and oxygen atoms in total. The molecule has 0 aromatic carbocycles. The highest BCUT2D eigenvalue weighted by atomic mass is 16.5. The minimum absolute atomic E-state index is 0.320. The molecule has 26 heavy (non-hydrogen) atoms. The van der Waals surface area contributed by atoms with Crippen molar-refractivity contribution in [3.8, 4) is 0 Å². The summed E-state index contributed by atoms with van der Waals surface area (Å²) < 4.78 is 7.13. The Morgan fingerprint density at radius 2 is 2.15 bits per heavy atom. The zero-order chi connectivity index (χ0) is 18.8. The summed E-state index contributed by atoms with van der Waals surface area (Å²) in [4.78, 5) is 11.7. The Bertz CT molecular complexity index is 554. The number of rotatable bonds is 10. The molecule has 0 fully saturated rings. The van der Waals surface area contributed by atoms with Gasteiger partial charge in [-0.2, -0.15) is 5.10 Å². The fraction of sp³-hybridized carbons (Fsp3) is 0.833. The molecule has 1 atom stereocenters. The summed E-state index contributed by atoms with van der Waals surface area (Å²) in [6.07, 6.45) is 3.04. The summed E-state index contributed by atoms with van der Waals surface area (Å²) in [5, 5.41) is 11.4. The number of aromatic nitrogens is 3. The lowest BCUT2D eigenvalue weighted by Crippen LogP contribution is -2.47. The number of aliphatic imine (C=N–C) groups is 1. The molecule has 8 heteroatoms. The highest BCUT2D eigenvalue weighted by Crippen LogP contribution is 2.13. The lowest BCUT2D eigenvalue weighted by molar-refractivity contribution is 0.177. The van der Waals surface area contributed by atoms with Gasteiger partial charge in [-0.15, -0.1) is 0 Å². The van der Waals surface area contributed by atoms with E-state index in [4.69, 9.17) is 9.73 Å². The molecule has 0 aliphatic carbocycles. The van der Waals surface area contributed by atoms with Gasteiger partial charge in [0.1, 0.15) is 12.4 Å². The third-order valence-corrected chi connectivity index (χ3v) is 4.66. The topological polar surface area (TPSA) is 79.6 Å². The number of nitrogens with one attached hydrogen (secondary N) is 2. The maximum atomic E-state index is 5.13. The monoisotopic (exact) mass is 365 g/mol. The van der Waals surface area contributed by atoms with Crippen LogP contribution in [0.15, 0.2) is 4.99 Å². The highest BCUT2D eigenvalue weighted by Gasteiger charge is 2.22. The molecule has 1 aliphatic heterocycles. The Balaban J connectivity index is 1.85. The van der Waals surface area contributed by atoms with Crippen LogP contribution in [0.5, 0.6) is 0 Å². The van der Waals surface area contributed by atoms with Crippen LogP contribution in [0.2, 0.25) is 0 Å². The molecule has 2 rings (SSSR count). The van der Waals surface area contributed by atoms with Crippen LogP contribution in [-0.4, -0.2) is 71.5 Å². The van der Waals surface area contributed by atoms with Gasteiger partial charge in [0.05, 0.1) is 6.54 Å². The van der Waals surface area contributed by atoms with Crippen LogP contribution in [0.1, 0.15) is 45.3 Å². The van der Waals surface area contributed by atoms with E-state index in [9.17, 15) is 0 Å². The van der Waals surface area contributed by atoms with Crippen LogP contribution < -0.4 is 10.6 Å². The van der Waals surface area contributed by atoms with Gasteiger partial charge in [0, 0.05) is 32.7 Å². The first kappa shape index (κ1) is 20.6. The van der Waals surface area contributed by atoms with Crippen molar-refractivity contribution in [2.45, 2.75) is 59.2 Å². The smallest absolute Gasteiger partial charge is 0.191 e. The van der Waals surface area contributed by atoms with Gasteiger partial charge in [0.2, 0.25) is 0 Å². The lowest BCUT2D eigenvalue weighted by atomic mass is 10.1. The zero-order valence-corrected chi connectivity index (χ0v) is 16.8. The normalized spacial score (nSPS) is 17.4. The van der Waals surface area contributed by atoms with Crippen molar-refractivity contribution >= 4 is 5.96 Å². The second kappa shape index (κ2) is 11.1. The van der Waals surface area contributed by atoms with Crippen LogP contribution in [0.3, 0.4) is 0 Å². The molecule has 0 saturated carbocycles. The highest BCUT2D eigenvalue weighted by molar-refractivity contribution is 5.80. The Hall–Kier alpha value is -1.67. The van der Waals surface area contributed by atoms with Crippen molar-refractivity contribution in [3.05, 3.63) is 11.6 Å². The third kappa shape index (κ3) is 6.25. The fourth-order valence-corrected chi connectivity index (χ4v) is 3.21. The lowest BCUT2D eigenvalue weighted by Gasteiger charge is -2.25. The van der Waals surface area contributed by atoms with Crippen molar-refractivity contribution in [1.29, 1.82) is 0 Å². The van der Waals surface area contributed by atoms with E-state index in [0.29, 0.717) is 12.6 Å². The molecule has 1 aromatic heterocycles. The minimum atomic E-state index is 0.320. The van der Waals surface area contributed by atoms with Crippen molar-refractivity contribution < 1.29 is 4.74 Å². The van der Waals surface area contributed by atoms with E-state index in [0.717, 1.165) is 76.1 Å². The Morgan fingerprint density at radius 1 is 1.35 bits per heavy atom. The van der Waals surface area contributed by atoms with Crippen molar-refractivity contribution in [3.63, 3.8) is 0 Å². The van der Waals surface area contributed by atoms with Gasteiger partial charge in [-0.05, 0) is 39.4 Å². The minimum Gasteiger partial charge on any atom is -0.377 e. The number of hydrogen-bond donors (Lipinski definition) is 2.